The highest BCUT2D eigenvalue weighted by Crippen LogP contribution is 2.36. The predicted molar refractivity (Wildman–Crippen MR) is 65.7 cm³/mol. The van der Waals surface area contributed by atoms with Gasteiger partial charge < -0.3 is 16.0 Å². The fourth-order valence-electron chi connectivity index (χ4n) is 2.01. The Morgan fingerprint density at radius 3 is 2.68 bits per heavy atom. The summed E-state index contributed by atoms with van der Waals surface area (Å²) in [7, 11) is 0. The number of carbonyl (C=O) groups is 1. The molecule has 1 heterocycles. The van der Waals surface area contributed by atoms with E-state index in [-0.39, 0.29) is 18.0 Å². The zero-order valence-corrected chi connectivity index (χ0v) is 10.1. The van der Waals surface area contributed by atoms with E-state index in [0.29, 0.717) is 25.3 Å². The van der Waals surface area contributed by atoms with Crippen molar-refractivity contribution in [2.24, 2.45) is 0 Å². The maximum atomic E-state index is 12.8. The Morgan fingerprint density at radius 1 is 1.26 bits per heavy atom. The molecule has 1 aliphatic rings. The normalized spacial score (nSPS) is 17.0. The Balaban J connectivity index is 2.27. The number of halogens is 3. The molecular formula is C12H14F3N3O. The molecule has 0 atom stereocenters. The van der Waals surface area contributed by atoms with Crippen molar-refractivity contribution in [2.75, 3.05) is 30.3 Å². The molecule has 0 unspecified atom stereocenters. The maximum Gasteiger partial charge on any atom is 0.418 e. The van der Waals surface area contributed by atoms with Gasteiger partial charge in [0.05, 0.1) is 5.56 Å². The summed E-state index contributed by atoms with van der Waals surface area (Å²) in [5.74, 6) is -0.0889. The number of anilines is 2. The van der Waals surface area contributed by atoms with Gasteiger partial charge in [0.1, 0.15) is 0 Å². The van der Waals surface area contributed by atoms with Gasteiger partial charge in [-0.2, -0.15) is 13.2 Å². The van der Waals surface area contributed by atoms with E-state index in [1.165, 1.54) is 6.07 Å². The van der Waals surface area contributed by atoms with E-state index in [2.05, 4.69) is 5.32 Å². The van der Waals surface area contributed by atoms with E-state index in [9.17, 15) is 18.0 Å². The van der Waals surface area contributed by atoms with Gasteiger partial charge in [-0.3, -0.25) is 4.79 Å². The third-order valence-corrected chi connectivity index (χ3v) is 3.02. The van der Waals surface area contributed by atoms with Crippen LogP contribution in [0.3, 0.4) is 0 Å². The lowest BCUT2D eigenvalue weighted by atomic mass is 10.1. The number of amides is 1. The summed E-state index contributed by atoms with van der Waals surface area (Å²) < 4.78 is 38.3. The van der Waals surface area contributed by atoms with Gasteiger partial charge in [-0.05, 0) is 18.2 Å². The molecule has 0 aliphatic carbocycles. The summed E-state index contributed by atoms with van der Waals surface area (Å²) >= 11 is 0. The fraction of sp³-hybridized carbons (Fsp3) is 0.417. The summed E-state index contributed by atoms with van der Waals surface area (Å²) in [6.45, 7) is 1.30. The molecule has 0 spiro atoms. The summed E-state index contributed by atoms with van der Waals surface area (Å²) in [6, 6.07) is 3.82. The van der Waals surface area contributed by atoms with Gasteiger partial charge in [-0.15, -0.1) is 0 Å². The number of nitrogens with one attached hydrogen (secondary N) is 1. The van der Waals surface area contributed by atoms with E-state index < -0.39 is 11.7 Å². The SMILES string of the molecule is Nc1ccc(N2CCNC(=O)CC2)cc1C(F)(F)F. The number of hydrogen-bond donors (Lipinski definition) is 2. The number of benzene rings is 1. The first-order valence-electron chi connectivity index (χ1n) is 5.86. The van der Waals surface area contributed by atoms with Crippen molar-refractivity contribution < 1.29 is 18.0 Å². The van der Waals surface area contributed by atoms with E-state index in [1.54, 1.807) is 11.0 Å². The monoisotopic (exact) mass is 273 g/mol. The maximum absolute atomic E-state index is 12.8. The van der Waals surface area contributed by atoms with Crippen LogP contribution in [-0.2, 0) is 11.0 Å². The molecule has 1 aliphatic heterocycles. The quantitative estimate of drug-likeness (QED) is 0.764. The van der Waals surface area contributed by atoms with Crippen LogP contribution >= 0.6 is 0 Å². The van der Waals surface area contributed by atoms with Crippen LogP contribution in [0, 0.1) is 0 Å². The molecule has 0 bridgehead atoms. The van der Waals surface area contributed by atoms with Gasteiger partial charge >= 0.3 is 6.18 Å². The highest BCUT2D eigenvalue weighted by atomic mass is 19.4. The average molecular weight is 273 g/mol. The van der Waals surface area contributed by atoms with Crippen LogP contribution in [0.25, 0.3) is 0 Å². The fourth-order valence-corrected chi connectivity index (χ4v) is 2.01. The molecule has 104 valence electrons. The zero-order chi connectivity index (χ0) is 14.0. The number of nitrogens with two attached hydrogens (primary N) is 1. The summed E-state index contributed by atoms with van der Waals surface area (Å²) in [5.41, 5.74) is 4.65. The zero-order valence-electron chi connectivity index (χ0n) is 10.1. The van der Waals surface area contributed by atoms with Gasteiger partial charge in [-0.25, -0.2) is 0 Å². The molecule has 1 saturated heterocycles. The Labute approximate surface area is 108 Å². The number of alkyl halides is 3. The molecule has 19 heavy (non-hydrogen) atoms. The number of hydrogen-bond acceptors (Lipinski definition) is 3. The van der Waals surface area contributed by atoms with E-state index >= 15 is 0 Å². The van der Waals surface area contributed by atoms with E-state index in [0.717, 1.165) is 6.07 Å². The smallest absolute Gasteiger partial charge is 0.398 e. The number of nitrogen functional groups attached to an aromatic ring is 1. The third kappa shape index (κ3) is 3.10. The first-order chi connectivity index (χ1) is 8.88. The first-order valence-corrected chi connectivity index (χ1v) is 5.86. The predicted octanol–water partition coefficient (Wildman–Crippen LogP) is 1.61. The standard InChI is InChI=1S/C12H14F3N3O/c13-12(14,15)9-7-8(1-2-10(9)16)18-5-3-11(19)17-4-6-18/h1-2,7H,3-6,16H2,(H,17,19). The molecule has 7 heteroatoms. The molecular weight excluding hydrogens is 259 g/mol. The van der Waals surface area contributed by atoms with Crippen molar-refractivity contribution in [1.82, 2.24) is 5.32 Å². The Hall–Kier alpha value is -1.92. The Bertz CT molecular complexity index is 488. The van der Waals surface area contributed by atoms with Crippen molar-refractivity contribution in [1.29, 1.82) is 0 Å². The van der Waals surface area contributed by atoms with Crippen LogP contribution < -0.4 is 16.0 Å². The van der Waals surface area contributed by atoms with Crippen LogP contribution in [0.15, 0.2) is 18.2 Å². The largest absolute Gasteiger partial charge is 0.418 e. The van der Waals surface area contributed by atoms with E-state index in [1.807, 2.05) is 0 Å². The third-order valence-electron chi connectivity index (χ3n) is 3.02. The first kappa shape index (κ1) is 13.5. The van der Waals surface area contributed by atoms with E-state index in [4.69, 9.17) is 5.73 Å². The van der Waals surface area contributed by atoms with Gasteiger partial charge in [0.2, 0.25) is 5.91 Å². The lowest BCUT2D eigenvalue weighted by Gasteiger charge is -2.23. The summed E-state index contributed by atoms with van der Waals surface area (Å²) in [5, 5.41) is 2.67. The van der Waals surface area contributed by atoms with Gasteiger partial charge in [0.25, 0.3) is 0 Å². The molecule has 1 amide bonds. The van der Waals surface area contributed by atoms with Crippen molar-refractivity contribution in [3.8, 4) is 0 Å². The molecule has 1 aromatic rings. The van der Waals surface area contributed by atoms with Gasteiger partial charge in [-0.1, -0.05) is 0 Å². The average Bonchev–Trinajstić information content (AvgIpc) is 2.53. The van der Waals surface area contributed by atoms with Crippen molar-refractivity contribution in [3.05, 3.63) is 23.8 Å². The van der Waals surface area contributed by atoms with Gasteiger partial charge in [0, 0.05) is 37.4 Å². The van der Waals surface area contributed by atoms with Crippen LogP contribution in [0.4, 0.5) is 24.5 Å². The summed E-state index contributed by atoms with van der Waals surface area (Å²) in [4.78, 5) is 12.9. The molecule has 1 fully saturated rings. The second-order valence-corrected chi connectivity index (χ2v) is 4.36. The highest BCUT2D eigenvalue weighted by molar-refractivity contribution is 5.77. The Kier molecular flexibility index (Phi) is 3.55. The van der Waals surface area contributed by atoms with Crippen molar-refractivity contribution in [3.63, 3.8) is 0 Å². The summed E-state index contributed by atoms with van der Waals surface area (Å²) in [6.07, 6.45) is -4.20. The lowest BCUT2D eigenvalue weighted by Crippen LogP contribution is -2.28. The van der Waals surface area contributed by atoms with Crippen LogP contribution in [0.5, 0.6) is 0 Å². The number of rotatable bonds is 1. The minimum Gasteiger partial charge on any atom is -0.398 e. The minimum absolute atomic E-state index is 0.0889. The molecule has 0 radical (unpaired) electrons. The van der Waals surface area contributed by atoms with Crippen molar-refractivity contribution in [2.45, 2.75) is 12.6 Å². The molecule has 3 N–H and O–H groups in total. The minimum atomic E-state index is -4.47. The van der Waals surface area contributed by atoms with Crippen LogP contribution in [0.2, 0.25) is 0 Å². The topological polar surface area (TPSA) is 58.4 Å². The molecule has 0 aromatic heterocycles. The molecule has 4 nitrogen and oxygen atoms in total. The van der Waals surface area contributed by atoms with Gasteiger partial charge in [0.15, 0.2) is 0 Å². The number of carbonyl (C=O) groups excluding carboxylic acids is 1. The van der Waals surface area contributed by atoms with Crippen LogP contribution in [0.1, 0.15) is 12.0 Å². The van der Waals surface area contributed by atoms with Crippen LogP contribution in [-0.4, -0.2) is 25.5 Å². The van der Waals surface area contributed by atoms with Crippen molar-refractivity contribution >= 4 is 17.3 Å². The number of nitrogens with zero attached hydrogens (tertiary/aromatic N) is 1. The second kappa shape index (κ2) is 4.99. The second-order valence-electron chi connectivity index (χ2n) is 4.36. The molecule has 0 saturated carbocycles. The highest BCUT2D eigenvalue weighted by Gasteiger charge is 2.33. The Morgan fingerprint density at radius 2 is 2.00 bits per heavy atom. The molecule has 2 rings (SSSR count). The lowest BCUT2D eigenvalue weighted by molar-refractivity contribution is -0.136. The molecule has 1 aromatic carbocycles.